The monoisotopic (exact) mass is 266 g/mol. The van der Waals surface area contributed by atoms with Crippen LogP contribution >= 0.6 is 0 Å². The number of piperidine rings is 1. The molecule has 1 saturated heterocycles. The molecule has 1 N–H and O–H groups in total. The molecule has 0 aromatic rings. The summed E-state index contributed by atoms with van der Waals surface area (Å²) in [7, 11) is 2.03. The first-order chi connectivity index (χ1) is 9.08. The van der Waals surface area contributed by atoms with Gasteiger partial charge in [0.2, 0.25) is 5.91 Å². The first kappa shape index (κ1) is 14.8. The maximum absolute atomic E-state index is 12.7. The number of rotatable bonds is 3. The second kappa shape index (κ2) is 6.25. The summed E-state index contributed by atoms with van der Waals surface area (Å²) in [5.41, 5.74) is 0.0756. The minimum Gasteiger partial charge on any atom is -0.337 e. The van der Waals surface area contributed by atoms with Gasteiger partial charge in [-0.1, -0.05) is 19.3 Å². The average molecular weight is 266 g/mol. The first-order valence-electron chi connectivity index (χ1n) is 8.08. The van der Waals surface area contributed by atoms with Crippen LogP contribution in [0.4, 0.5) is 0 Å². The molecule has 0 aromatic carbocycles. The summed E-state index contributed by atoms with van der Waals surface area (Å²) in [4.78, 5) is 14.9. The standard InChI is InChI=1S/C16H30N2O/c1-13-8-7-9-14(2)18(13)15(19)12-16(17-3)10-5-4-6-11-16/h13-14,17H,4-12H2,1-3H3/t13-,14+. The Labute approximate surface area is 118 Å². The highest BCUT2D eigenvalue weighted by atomic mass is 16.2. The van der Waals surface area contributed by atoms with Gasteiger partial charge in [0.25, 0.3) is 0 Å². The summed E-state index contributed by atoms with van der Waals surface area (Å²) in [5.74, 6) is 0.371. The second-order valence-corrected chi connectivity index (χ2v) is 6.70. The summed E-state index contributed by atoms with van der Waals surface area (Å²) < 4.78 is 0. The van der Waals surface area contributed by atoms with E-state index >= 15 is 0 Å². The Bertz CT molecular complexity index is 300. The third kappa shape index (κ3) is 3.31. The van der Waals surface area contributed by atoms with Crippen molar-refractivity contribution in [2.75, 3.05) is 7.05 Å². The Morgan fingerprint density at radius 3 is 2.21 bits per heavy atom. The number of nitrogens with one attached hydrogen (secondary N) is 1. The molecule has 3 heteroatoms. The van der Waals surface area contributed by atoms with E-state index in [0.717, 1.165) is 12.8 Å². The molecule has 3 nitrogen and oxygen atoms in total. The topological polar surface area (TPSA) is 32.3 Å². The number of carbonyl (C=O) groups excluding carboxylic acids is 1. The van der Waals surface area contributed by atoms with Gasteiger partial charge in [0, 0.05) is 24.0 Å². The van der Waals surface area contributed by atoms with Crippen LogP contribution in [-0.4, -0.2) is 35.5 Å². The van der Waals surface area contributed by atoms with Crippen LogP contribution in [0.3, 0.4) is 0 Å². The van der Waals surface area contributed by atoms with Crippen molar-refractivity contribution in [1.82, 2.24) is 10.2 Å². The number of carbonyl (C=O) groups is 1. The lowest BCUT2D eigenvalue weighted by molar-refractivity contribution is -0.139. The van der Waals surface area contributed by atoms with Gasteiger partial charge in [0.15, 0.2) is 0 Å². The molecule has 1 aliphatic heterocycles. The van der Waals surface area contributed by atoms with E-state index in [1.807, 2.05) is 7.05 Å². The molecule has 1 saturated carbocycles. The van der Waals surface area contributed by atoms with Crippen LogP contribution in [0.15, 0.2) is 0 Å². The minimum atomic E-state index is 0.0756. The van der Waals surface area contributed by atoms with Crippen molar-refractivity contribution >= 4 is 5.91 Å². The van der Waals surface area contributed by atoms with E-state index in [1.165, 1.54) is 38.5 Å². The number of amides is 1. The molecule has 2 rings (SSSR count). The molecular weight excluding hydrogens is 236 g/mol. The molecule has 1 aliphatic carbocycles. The molecule has 1 heterocycles. The quantitative estimate of drug-likeness (QED) is 0.851. The summed E-state index contributed by atoms with van der Waals surface area (Å²) in [5, 5.41) is 3.47. The molecule has 1 amide bonds. The minimum absolute atomic E-state index is 0.0756. The van der Waals surface area contributed by atoms with Gasteiger partial charge in [-0.25, -0.2) is 0 Å². The van der Waals surface area contributed by atoms with E-state index in [9.17, 15) is 4.79 Å². The van der Waals surface area contributed by atoms with Crippen LogP contribution in [0.5, 0.6) is 0 Å². The summed E-state index contributed by atoms with van der Waals surface area (Å²) in [6.07, 6.45) is 10.5. The van der Waals surface area contributed by atoms with Crippen LogP contribution in [0.1, 0.15) is 71.6 Å². The van der Waals surface area contributed by atoms with E-state index in [4.69, 9.17) is 0 Å². The Morgan fingerprint density at radius 2 is 1.68 bits per heavy atom. The smallest absolute Gasteiger partial charge is 0.224 e. The molecule has 110 valence electrons. The molecule has 19 heavy (non-hydrogen) atoms. The summed E-state index contributed by atoms with van der Waals surface area (Å²) in [6, 6.07) is 0.850. The van der Waals surface area contributed by atoms with E-state index < -0.39 is 0 Å². The van der Waals surface area contributed by atoms with Crippen molar-refractivity contribution in [2.24, 2.45) is 0 Å². The van der Waals surface area contributed by atoms with Crippen LogP contribution in [0.2, 0.25) is 0 Å². The van der Waals surface area contributed by atoms with Gasteiger partial charge in [-0.2, -0.15) is 0 Å². The van der Waals surface area contributed by atoms with Gasteiger partial charge >= 0.3 is 0 Å². The Morgan fingerprint density at radius 1 is 1.11 bits per heavy atom. The molecule has 2 aliphatic rings. The van der Waals surface area contributed by atoms with E-state index in [2.05, 4.69) is 24.1 Å². The summed E-state index contributed by atoms with van der Waals surface area (Å²) in [6.45, 7) is 4.42. The maximum atomic E-state index is 12.7. The van der Waals surface area contributed by atoms with Gasteiger partial charge in [-0.15, -0.1) is 0 Å². The number of hydrogen-bond donors (Lipinski definition) is 1. The predicted molar refractivity (Wildman–Crippen MR) is 79.1 cm³/mol. The van der Waals surface area contributed by atoms with Crippen molar-refractivity contribution in [3.63, 3.8) is 0 Å². The van der Waals surface area contributed by atoms with Crippen molar-refractivity contribution in [3.8, 4) is 0 Å². The van der Waals surface area contributed by atoms with Gasteiger partial charge in [-0.3, -0.25) is 4.79 Å². The SMILES string of the molecule is CNC1(CC(=O)N2[C@H](C)CCC[C@@H]2C)CCCCC1. The van der Waals surface area contributed by atoms with Crippen LogP contribution in [-0.2, 0) is 4.79 Å². The first-order valence-corrected chi connectivity index (χ1v) is 8.08. The molecule has 0 radical (unpaired) electrons. The van der Waals surface area contributed by atoms with E-state index in [1.54, 1.807) is 0 Å². The third-order valence-electron chi connectivity index (χ3n) is 5.31. The number of likely N-dealkylation sites (tertiary alicyclic amines) is 1. The maximum Gasteiger partial charge on any atom is 0.224 e. The van der Waals surface area contributed by atoms with E-state index in [-0.39, 0.29) is 5.54 Å². The highest BCUT2D eigenvalue weighted by molar-refractivity contribution is 5.78. The second-order valence-electron chi connectivity index (χ2n) is 6.70. The Kier molecular flexibility index (Phi) is 4.88. The molecule has 0 bridgehead atoms. The van der Waals surface area contributed by atoms with Gasteiger partial charge in [0.1, 0.15) is 0 Å². The Balaban J connectivity index is 2.02. The molecule has 2 atom stereocenters. The van der Waals surface area contributed by atoms with Crippen LogP contribution in [0, 0.1) is 0 Å². The highest BCUT2D eigenvalue weighted by Crippen LogP contribution is 2.33. The number of nitrogens with zero attached hydrogens (tertiary/aromatic N) is 1. The fourth-order valence-corrected chi connectivity index (χ4v) is 4.04. The largest absolute Gasteiger partial charge is 0.337 e. The lowest BCUT2D eigenvalue weighted by Crippen LogP contribution is -2.53. The average Bonchev–Trinajstić information content (AvgIpc) is 2.39. The molecule has 0 spiro atoms. The lowest BCUT2D eigenvalue weighted by Gasteiger charge is -2.43. The van der Waals surface area contributed by atoms with Crippen LogP contribution < -0.4 is 5.32 Å². The van der Waals surface area contributed by atoms with Gasteiger partial charge in [0.05, 0.1) is 0 Å². The number of hydrogen-bond acceptors (Lipinski definition) is 2. The fraction of sp³-hybridized carbons (Fsp3) is 0.938. The van der Waals surface area contributed by atoms with Gasteiger partial charge in [-0.05, 0) is 53.0 Å². The molecule has 0 aromatic heterocycles. The third-order valence-corrected chi connectivity index (χ3v) is 5.31. The zero-order chi connectivity index (χ0) is 13.9. The lowest BCUT2D eigenvalue weighted by atomic mass is 9.78. The zero-order valence-corrected chi connectivity index (χ0v) is 12.9. The van der Waals surface area contributed by atoms with Crippen molar-refractivity contribution in [1.29, 1.82) is 0 Å². The molecule has 2 fully saturated rings. The molecular formula is C16H30N2O. The summed E-state index contributed by atoms with van der Waals surface area (Å²) >= 11 is 0. The van der Waals surface area contributed by atoms with Crippen molar-refractivity contribution < 1.29 is 4.79 Å². The fourth-order valence-electron chi connectivity index (χ4n) is 4.04. The van der Waals surface area contributed by atoms with Gasteiger partial charge < -0.3 is 10.2 Å². The van der Waals surface area contributed by atoms with Crippen LogP contribution in [0.25, 0.3) is 0 Å². The molecule has 0 unspecified atom stereocenters. The predicted octanol–water partition coefficient (Wildman–Crippen LogP) is 3.09. The Hall–Kier alpha value is -0.570. The normalized spacial score (nSPS) is 31.2. The van der Waals surface area contributed by atoms with E-state index in [0.29, 0.717) is 24.4 Å². The van der Waals surface area contributed by atoms with Crippen molar-refractivity contribution in [3.05, 3.63) is 0 Å². The highest BCUT2D eigenvalue weighted by Gasteiger charge is 2.37. The zero-order valence-electron chi connectivity index (χ0n) is 12.9. The van der Waals surface area contributed by atoms with Crippen molar-refractivity contribution in [2.45, 2.75) is 89.3 Å².